The number of ether oxygens (including phenoxy) is 1. The number of aryl methyl sites for hydroxylation is 1. The lowest BCUT2D eigenvalue weighted by molar-refractivity contribution is 0.192. The van der Waals surface area contributed by atoms with Gasteiger partial charge in [0.05, 0.1) is 6.61 Å². The van der Waals surface area contributed by atoms with Crippen molar-refractivity contribution in [3.63, 3.8) is 0 Å². The monoisotopic (exact) mass is 271 g/mol. The smallest absolute Gasteiger partial charge is 0.293 e. The van der Waals surface area contributed by atoms with Crippen molar-refractivity contribution in [3.05, 3.63) is 29.7 Å². The topological polar surface area (TPSA) is 74.2 Å². The molecule has 1 atom stereocenters. The molecule has 1 aliphatic rings. The molecule has 0 spiro atoms. The molecule has 0 amide bonds. The lowest BCUT2D eigenvalue weighted by Crippen LogP contribution is -1.99. The molecule has 3 aromatic rings. The van der Waals surface area contributed by atoms with Gasteiger partial charge in [-0.15, -0.1) is 0 Å². The number of hydrogen-bond donors (Lipinski definition) is 0. The van der Waals surface area contributed by atoms with Gasteiger partial charge in [-0.05, 0) is 25.5 Å². The molecule has 6 nitrogen and oxygen atoms in total. The van der Waals surface area contributed by atoms with Gasteiger partial charge in [0.25, 0.3) is 5.89 Å². The zero-order chi connectivity index (χ0) is 13.5. The maximum atomic E-state index is 5.70. The van der Waals surface area contributed by atoms with Crippen LogP contribution >= 0.6 is 0 Å². The van der Waals surface area contributed by atoms with Gasteiger partial charge in [0.15, 0.2) is 17.2 Å². The van der Waals surface area contributed by atoms with Crippen molar-refractivity contribution in [2.24, 2.45) is 0 Å². The van der Waals surface area contributed by atoms with E-state index in [9.17, 15) is 0 Å². The maximum absolute atomic E-state index is 5.70. The number of nitrogens with zero attached hydrogens (tertiary/aromatic N) is 3. The molecule has 0 N–H and O–H groups in total. The lowest BCUT2D eigenvalue weighted by Gasteiger charge is -1.97. The SMILES string of the molecule is Cc1ccc2oc(-c3nc(C4CCOC4)no3)cc2n1. The normalized spacial score (nSPS) is 18.9. The summed E-state index contributed by atoms with van der Waals surface area (Å²) in [7, 11) is 0. The molecular formula is C14H13N3O3. The number of aromatic nitrogens is 3. The van der Waals surface area contributed by atoms with Gasteiger partial charge in [0.1, 0.15) is 5.52 Å². The largest absolute Gasteiger partial charge is 0.449 e. The van der Waals surface area contributed by atoms with Crippen LogP contribution in [0.1, 0.15) is 23.9 Å². The molecule has 1 saturated heterocycles. The molecule has 0 aliphatic carbocycles. The predicted octanol–water partition coefficient (Wildman–Crippen LogP) is 2.69. The summed E-state index contributed by atoms with van der Waals surface area (Å²) in [6.45, 7) is 3.35. The summed E-state index contributed by atoms with van der Waals surface area (Å²) in [5.74, 6) is 1.85. The number of rotatable bonds is 2. The molecule has 4 heterocycles. The fraction of sp³-hybridized carbons (Fsp3) is 0.357. The fourth-order valence-corrected chi connectivity index (χ4v) is 2.37. The van der Waals surface area contributed by atoms with Gasteiger partial charge in [-0.25, -0.2) is 4.98 Å². The first-order valence-electron chi connectivity index (χ1n) is 6.58. The van der Waals surface area contributed by atoms with Crippen LogP contribution in [0.4, 0.5) is 0 Å². The molecule has 1 aliphatic heterocycles. The second kappa shape index (κ2) is 4.42. The quantitative estimate of drug-likeness (QED) is 0.713. The van der Waals surface area contributed by atoms with Gasteiger partial charge in [0.2, 0.25) is 0 Å². The van der Waals surface area contributed by atoms with E-state index < -0.39 is 0 Å². The molecule has 3 aromatic heterocycles. The molecule has 6 heteroatoms. The summed E-state index contributed by atoms with van der Waals surface area (Å²) in [6.07, 6.45) is 0.930. The first-order valence-corrected chi connectivity index (χ1v) is 6.58. The van der Waals surface area contributed by atoms with Crippen molar-refractivity contribution in [2.45, 2.75) is 19.3 Å². The van der Waals surface area contributed by atoms with Gasteiger partial charge >= 0.3 is 0 Å². The maximum Gasteiger partial charge on any atom is 0.293 e. The van der Waals surface area contributed by atoms with Crippen LogP contribution in [0.2, 0.25) is 0 Å². The fourth-order valence-electron chi connectivity index (χ4n) is 2.37. The first-order chi connectivity index (χ1) is 9.79. The first kappa shape index (κ1) is 11.6. The van der Waals surface area contributed by atoms with E-state index in [-0.39, 0.29) is 5.92 Å². The highest BCUT2D eigenvalue weighted by molar-refractivity contribution is 5.77. The highest BCUT2D eigenvalue weighted by Crippen LogP contribution is 2.28. The zero-order valence-corrected chi connectivity index (χ0v) is 11.0. The van der Waals surface area contributed by atoms with E-state index in [1.54, 1.807) is 0 Å². The second-order valence-electron chi connectivity index (χ2n) is 4.96. The molecule has 1 unspecified atom stereocenters. The summed E-state index contributed by atoms with van der Waals surface area (Å²) in [5.41, 5.74) is 2.46. The van der Waals surface area contributed by atoms with Gasteiger partial charge in [-0.1, -0.05) is 5.16 Å². The van der Waals surface area contributed by atoms with Crippen LogP contribution in [-0.2, 0) is 4.74 Å². The van der Waals surface area contributed by atoms with Crippen molar-refractivity contribution in [3.8, 4) is 11.7 Å². The van der Waals surface area contributed by atoms with Crippen molar-refractivity contribution < 1.29 is 13.7 Å². The van der Waals surface area contributed by atoms with Crippen LogP contribution in [0.3, 0.4) is 0 Å². The molecular weight excluding hydrogens is 258 g/mol. The Morgan fingerprint density at radius 3 is 3.05 bits per heavy atom. The molecule has 4 rings (SSSR count). The van der Waals surface area contributed by atoms with E-state index in [1.807, 2.05) is 25.1 Å². The molecule has 1 fully saturated rings. The number of hydrogen-bond acceptors (Lipinski definition) is 6. The number of pyridine rings is 1. The summed E-state index contributed by atoms with van der Waals surface area (Å²) in [4.78, 5) is 8.80. The third-order valence-corrected chi connectivity index (χ3v) is 3.46. The van der Waals surface area contributed by atoms with Gasteiger partial charge in [-0.3, -0.25) is 0 Å². The lowest BCUT2D eigenvalue weighted by atomic mass is 10.1. The Bertz CT molecular complexity index is 756. The number of furan rings is 1. The van der Waals surface area contributed by atoms with Crippen molar-refractivity contribution in [2.75, 3.05) is 13.2 Å². The molecule has 0 bridgehead atoms. The van der Waals surface area contributed by atoms with Crippen molar-refractivity contribution in [1.29, 1.82) is 0 Å². The van der Waals surface area contributed by atoms with Crippen LogP contribution in [-0.4, -0.2) is 28.3 Å². The van der Waals surface area contributed by atoms with E-state index in [2.05, 4.69) is 15.1 Å². The highest BCUT2D eigenvalue weighted by Gasteiger charge is 2.24. The third kappa shape index (κ3) is 1.89. The van der Waals surface area contributed by atoms with E-state index in [1.165, 1.54) is 0 Å². The van der Waals surface area contributed by atoms with Crippen LogP contribution in [0.5, 0.6) is 0 Å². The summed E-state index contributed by atoms with van der Waals surface area (Å²) < 4.78 is 16.3. The van der Waals surface area contributed by atoms with Crippen LogP contribution in [0.25, 0.3) is 22.8 Å². The average Bonchev–Trinajstić information content (AvgIpc) is 3.17. The Labute approximate surface area is 114 Å². The minimum absolute atomic E-state index is 0.220. The Morgan fingerprint density at radius 2 is 2.20 bits per heavy atom. The molecule has 0 radical (unpaired) electrons. The third-order valence-electron chi connectivity index (χ3n) is 3.46. The summed E-state index contributed by atoms with van der Waals surface area (Å²) >= 11 is 0. The Morgan fingerprint density at radius 1 is 1.25 bits per heavy atom. The van der Waals surface area contributed by atoms with Crippen molar-refractivity contribution >= 4 is 11.1 Å². The summed E-state index contributed by atoms with van der Waals surface area (Å²) in [5, 5.41) is 4.02. The molecule has 0 saturated carbocycles. The van der Waals surface area contributed by atoms with Gasteiger partial charge < -0.3 is 13.7 Å². The minimum atomic E-state index is 0.220. The standard InChI is InChI=1S/C14H13N3O3/c1-8-2-3-11-10(15-8)6-12(19-11)14-16-13(17-20-14)9-4-5-18-7-9/h2-3,6,9H,4-5,7H2,1H3. The molecule has 102 valence electrons. The average molecular weight is 271 g/mol. The van der Waals surface area contributed by atoms with E-state index in [4.69, 9.17) is 13.7 Å². The predicted molar refractivity (Wildman–Crippen MR) is 70.2 cm³/mol. The molecule has 20 heavy (non-hydrogen) atoms. The van der Waals surface area contributed by atoms with E-state index in [0.29, 0.717) is 24.1 Å². The highest BCUT2D eigenvalue weighted by atomic mass is 16.5. The van der Waals surface area contributed by atoms with Gasteiger partial charge in [0, 0.05) is 24.3 Å². The zero-order valence-electron chi connectivity index (χ0n) is 11.0. The van der Waals surface area contributed by atoms with Crippen LogP contribution in [0, 0.1) is 6.92 Å². The van der Waals surface area contributed by atoms with Crippen molar-refractivity contribution in [1.82, 2.24) is 15.1 Å². The summed E-state index contributed by atoms with van der Waals surface area (Å²) in [6, 6.07) is 5.62. The second-order valence-corrected chi connectivity index (χ2v) is 4.96. The van der Waals surface area contributed by atoms with Crippen LogP contribution < -0.4 is 0 Å². The van der Waals surface area contributed by atoms with E-state index in [0.717, 1.165) is 29.8 Å². The number of fused-ring (bicyclic) bond motifs is 1. The minimum Gasteiger partial charge on any atom is -0.449 e. The Hall–Kier alpha value is -2.21. The Kier molecular flexibility index (Phi) is 2.56. The van der Waals surface area contributed by atoms with Gasteiger partial charge in [-0.2, -0.15) is 4.98 Å². The molecule has 0 aromatic carbocycles. The van der Waals surface area contributed by atoms with E-state index >= 15 is 0 Å². The Balaban J connectivity index is 1.71. The van der Waals surface area contributed by atoms with Crippen LogP contribution in [0.15, 0.2) is 27.1 Å².